The van der Waals surface area contributed by atoms with Crippen LogP contribution in [0, 0.1) is 13.8 Å². The molecule has 4 unspecified atom stereocenters. The number of para-hydroxylation sites is 1. The summed E-state index contributed by atoms with van der Waals surface area (Å²) in [5.74, 6) is -1.27. The third kappa shape index (κ3) is 8.34. The van der Waals surface area contributed by atoms with Crippen molar-refractivity contribution in [3.05, 3.63) is 107 Å². The van der Waals surface area contributed by atoms with Crippen LogP contribution in [0.2, 0.25) is 0 Å². The molecular weight excluding hydrogens is 757 g/mol. The molecule has 56 heavy (non-hydrogen) atoms. The Morgan fingerprint density at radius 3 is 1.80 bits per heavy atom. The molecular formula is C46H50N2O5S3. The third-order valence-corrected chi connectivity index (χ3v) is 14.9. The zero-order valence-electron chi connectivity index (χ0n) is 32.5. The Hall–Kier alpha value is -3.99. The maximum atomic E-state index is 12.1. The number of carboxylic acids is 2. The van der Waals surface area contributed by atoms with Gasteiger partial charge in [-0.25, -0.2) is 0 Å². The molecule has 0 saturated heterocycles. The van der Waals surface area contributed by atoms with Crippen LogP contribution < -0.4 is 4.74 Å². The lowest BCUT2D eigenvalue weighted by Gasteiger charge is -2.21. The Morgan fingerprint density at radius 2 is 1.25 bits per heavy atom. The summed E-state index contributed by atoms with van der Waals surface area (Å²) in [6, 6.07) is 19.9. The molecule has 4 atom stereocenters. The number of hydrogen-bond acceptors (Lipinski definition) is 8. The number of aromatic nitrogens is 2. The molecule has 2 aromatic carbocycles. The second-order valence-electron chi connectivity index (χ2n) is 14.8. The van der Waals surface area contributed by atoms with Crippen LogP contribution in [-0.4, -0.2) is 42.6 Å². The van der Waals surface area contributed by atoms with Gasteiger partial charge in [0.25, 0.3) is 0 Å². The van der Waals surface area contributed by atoms with Crippen molar-refractivity contribution >= 4 is 58.4 Å². The van der Waals surface area contributed by atoms with Gasteiger partial charge in [-0.1, -0.05) is 87.0 Å². The van der Waals surface area contributed by atoms with Gasteiger partial charge < -0.3 is 14.9 Å². The molecule has 2 aliphatic carbocycles. The number of carbonyl (C=O) groups is 2. The van der Waals surface area contributed by atoms with Gasteiger partial charge in [0.1, 0.15) is 11.5 Å². The summed E-state index contributed by atoms with van der Waals surface area (Å²) in [5, 5.41) is 20.8. The number of nitrogens with zero attached hydrogens (tertiary/aromatic N) is 2. The molecule has 7 nitrogen and oxygen atoms in total. The lowest BCUT2D eigenvalue weighted by Crippen LogP contribution is -2.15. The van der Waals surface area contributed by atoms with Crippen LogP contribution in [0.4, 0.5) is 0 Å². The first-order valence-corrected chi connectivity index (χ1v) is 22.5. The molecule has 2 aliphatic heterocycles. The maximum Gasteiger partial charge on any atom is 0.311 e. The highest BCUT2D eigenvalue weighted by molar-refractivity contribution is 8.03. The van der Waals surface area contributed by atoms with E-state index >= 15 is 0 Å². The predicted octanol–water partition coefficient (Wildman–Crippen LogP) is 12.7. The molecule has 4 heterocycles. The highest BCUT2D eigenvalue weighted by Gasteiger charge is 2.39. The molecule has 0 fully saturated rings. The Labute approximate surface area is 343 Å². The first-order chi connectivity index (χ1) is 27.2. The van der Waals surface area contributed by atoms with Gasteiger partial charge in [0.15, 0.2) is 0 Å². The van der Waals surface area contributed by atoms with Crippen molar-refractivity contribution in [1.29, 1.82) is 0 Å². The van der Waals surface area contributed by atoms with Crippen molar-refractivity contribution in [1.82, 2.24) is 9.97 Å². The van der Waals surface area contributed by atoms with Crippen molar-refractivity contribution < 1.29 is 24.5 Å². The summed E-state index contributed by atoms with van der Waals surface area (Å²) in [5.41, 5.74) is 8.00. The Bertz CT molecular complexity index is 2000. The molecule has 0 spiro atoms. The second kappa shape index (κ2) is 18.1. The summed E-state index contributed by atoms with van der Waals surface area (Å²) in [6.07, 6.45) is 14.4. The average molecular weight is 807 g/mol. The smallest absolute Gasteiger partial charge is 0.311 e. The van der Waals surface area contributed by atoms with E-state index in [4.69, 9.17) is 14.7 Å². The minimum atomic E-state index is -0.816. The first kappa shape index (κ1) is 40.2. The minimum absolute atomic E-state index is 0.401. The van der Waals surface area contributed by atoms with Gasteiger partial charge in [-0.05, 0) is 101 Å². The van der Waals surface area contributed by atoms with E-state index in [0.717, 1.165) is 86.4 Å². The number of allylic oxidation sites excluding steroid dienone is 2. The van der Waals surface area contributed by atoms with E-state index in [2.05, 4.69) is 24.3 Å². The summed E-state index contributed by atoms with van der Waals surface area (Å²) < 4.78 is 6.37. The number of thioether (sulfide) groups is 2. The van der Waals surface area contributed by atoms with E-state index in [1.165, 1.54) is 35.3 Å². The van der Waals surface area contributed by atoms with Gasteiger partial charge in [-0.15, -0.1) is 23.5 Å². The zero-order valence-corrected chi connectivity index (χ0v) is 35.0. The first-order valence-electron chi connectivity index (χ1n) is 19.9. The van der Waals surface area contributed by atoms with Crippen molar-refractivity contribution in [2.75, 3.05) is 0 Å². The highest BCUT2D eigenvalue weighted by atomic mass is 32.2. The van der Waals surface area contributed by atoms with E-state index in [0.29, 0.717) is 29.1 Å². The van der Waals surface area contributed by atoms with Crippen molar-refractivity contribution in [3.63, 3.8) is 0 Å². The van der Waals surface area contributed by atoms with E-state index < -0.39 is 23.8 Å². The Kier molecular flexibility index (Phi) is 13.0. The van der Waals surface area contributed by atoms with Crippen LogP contribution in [0.3, 0.4) is 0 Å². The lowest BCUT2D eigenvalue weighted by molar-refractivity contribution is -0.140. The van der Waals surface area contributed by atoms with Gasteiger partial charge >= 0.3 is 11.9 Å². The number of pyridine rings is 2. The molecule has 292 valence electrons. The largest absolute Gasteiger partial charge is 0.481 e. The van der Waals surface area contributed by atoms with Crippen LogP contribution in [0.1, 0.15) is 124 Å². The van der Waals surface area contributed by atoms with Gasteiger partial charge in [0.05, 0.1) is 28.1 Å². The quantitative estimate of drug-likeness (QED) is 0.144. The van der Waals surface area contributed by atoms with Crippen molar-refractivity contribution in [3.8, 4) is 11.5 Å². The number of carboxylic acid groups (broad SMARTS) is 2. The van der Waals surface area contributed by atoms with E-state index in [1.807, 2.05) is 88.0 Å². The number of rotatable bonds is 12. The van der Waals surface area contributed by atoms with Gasteiger partial charge in [0, 0.05) is 47.7 Å². The van der Waals surface area contributed by atoms with Crippen LogP contribution in [0.15, 0.2) is 92.4 Å². The number of aryl methyl sites for hydroxylation is 2. The maximum absolute atomic E-state index is 12.1. The summed E-state index contributed by atoms with van der Waals surface area (Å²) in [6.45, 7) is 7.96. The topological polar surface area (TPSA) is 110 Å². The van der Waals surface area contributed by atoms with Gasteiger partial charge in [-0.2, -0.15) is 0 Å². The second-order valence-corrected chi connectivity index (χ2v) is 18.3. The molecule has 0 bridgehead atoms. The molecule has 0 radical (unpaired) electrons. The number of fused-ring (bicyclic) bond motifs is 6. The SMILES string of the molecule is CCCC(C(=O)O)c1c(C)nc2c(c1Oc1ccccc1)SC1CCCC=C21.CCCC(C(=O)O)c1c(C)nc2c(c1Sc1ccccc1)SC1CCCC=C21. The monoisotopic (exact) mass is 806 g/mol. The van der Waals surface area contributed by atoms with Crippen LogP contribution in [0.5, 0.6) is 11.5 Å². The van der Waals surface area contributed by atoms with E-state index in [9.17, 15) is 19.8 Å². The third-order valence-electron chi connectivity index (χ3n) is 10.9. The van der Waals surface area contributed by atoms with Crippen molar-refractivity contribution in [2.24, 2.45) is 0 Å². The molecule has 0 saturated carbocycles. The fourth-order valence-corrected chi connectivity index (χ4v) is 12.5. The Balaban J connectivity index is 0.000000172. The lowest BCUT2D eigenvalue weighted by atomic mass is 9.90. The fourth-order valence-electron chi connectivity index (χ4n) is 8.27. The zero-order chi connectivity index (χ0) is 39.3. The predicted molar refractivity (Wildman–Crippen MR) is 229 cm³/mol. The molecule has 0 amide bonds. The number of hydrogen-bond donors (Lipinski definition) is 2. The molecule has 10 heteroatoms. The fraction of sp³-hybridized carbons (Fsp3) is 0.391. The average Bonchev–Trinajstić information content (AvgIpc) is 3.76. The molecule has 2 aromatic heterocycles. The van der Waals surface area contributed by atoms with Crippen LogP contribution in [0.25, 0.3) is 11.1 Å². The highest BCUT2D eigenvalue weighted by Crippen LogP contribution is 2.56. The van der Waals surface area contributed by atoms with Gasteiger partial charge in [-0.3, -0.25) is 19.6 Å². The number of benzene rings is 2. The molecule has 2 N–H and O–H groups in total. The number of aliphatic carboxylic acids is 2. The Morgan fingerprint density at radius 1 is 0.750 bits per heavy atom. The minimum Gasteiger partial charge on any atom is -0.481 e. The normalized spacial score (nSPS) is 18.9. The summed E-state index contributed by atoms with van der Waals surface area (Å²) in [4.78, 5) is 38.5. The molecule has 4 aromatic rings. The number of ether oxygens (including phenoxy) is 1. The van der Waals surface area contributed by atoms with Crippen molar-refractivity contribution in [2.45, 2.75) is 134 Å². The van der Waals surface area contributed by atoms with Gasteiger partial charge in [0.2, 0.25) is 0 Å². The van der Waals surface area contributed by atoms with E-state index in [1.54, 1.807) is 23.5 Å². The standard InChI is InChI=1S/C23H25NO3S.C23H25NO2S2/c2*1-3-9-17(23(25)26)19-14(2)24-20-16-12-7-8-13-18(16)28-22(20)21(19)27-15-10-5-4-6-11-15/h2*4-6,10-12,17-18H,3,7-9,13H2,1-2H3,(H,25,26). The summed E-state index contributed by atoms with van der Waals surface area (Å²) >= 11 is 5.38. The van der Waals surface area contributed by atoms with Crippen LogP contribution >= 0.6 is 35.3 Å². The summed E-state index contributed by atoms with van der Waals surface area (Å²) in [7, 11) is 0. The van der Waals surface area contributed by atoms with E-state index in [-0.39, 0.29) is 0 Å². The van der Waals surface area contributed by atoms with Crippen LogP contribution in [-0.2, 0) is 9.59 Å². The molecule has 4 aliphatic rings. The molecule has 8 rings (SSSR count).